The zero-order valence-electron chi connectivity index (χ0n) is 13.3. The van der Waals surface area contributed by atoms with Gasteiger partial charge in [0.15, 0.2) is 0 Å². The van der Waals surface area contributed by atoms with Crippen molar-refractivity contribution in [3.05, 3.63) is 63.4 Å². The van der Waals surface area contributed by atoms with Crippen LogP contribution >= 0.6 is 23.2 Å². The number of amides is 2. The fourth-order valence-electron chi connectivity index (χ4n) is 3.21. The topological polar surface area (TPSA) is 63.4 Å². The quantitative estimate of drug-likeness (QED) is 0.795. The summed E-state index contributed by atoms with van der Waals surface area (Å²) >= 11 is 11.8. The van der Waals surface area contributed by atoms with E-state index in [1.807, 2.05) is 6.92 Å². The number of para-hydroxylation sites is 1. The van der Waals surface area contributed by atoms with Crippen LogP contribution in [0, 0.1) is 5.82 Å². The first-order chi connectivity index (χ1) is 11.8. The van der Waals surface area contributed by atoms with Gasteiger partial charge in [-0.05, 0) is 37.1 Å². The van der Waals surface area contributed by atoms with Crippen molar-refractivity contribution in [3.8, 4) is 0 Å². The Morgan fingerprint density at radius 1 is 1.20 bits per heavy atom. The number of benzene rings is 2. The molecule has 0 saturated heterocycles. The Morgan fingerprint density at radius 3 is 2.56 bits per heavy atom. The van der Waals surface area contributed by atoms with Crippen LogP contribution in [-0.2, 0) is 4.79 Å². The minimum absolute atomic E-state index is 0.0164. The molecular weight excluding hydrogens is 366 g/mol. The van der Waals surface area contributed by atoms with Gasteiger partial charge in [-0.1, -0.05) is 41.4 Å². The number of carbonyl (C=O) groups is 2. The van der Waals surface area contributed by atoms with E-state index < -0.39 is 23.5 Å². The molecule has 4 nitrogen and oxygen atoms in total. The molecule has 2 amide bonds. The maximum atomic E-state index is 13.8. The number of fused-ring (bicyclic) bond motifs is 1. The fraction of sp³-hybridized carbons (Fsp3) is 0.222. The average Bonchev–Trinajstić information content (AvgIpc) is 2.56. The van der Waals surface area contributed by atoms with Gasteiger partial charge in [-0.25, -0.2) is 4.39 Å². The van der Waals surface area contributed by atoms with E-state index >= 15 is 0 Å². The SMILES string of the molecule is C[C@H]1C[C@@H](C(N)=O)c2ccccc2N1C(=O)c1cc(F)c(Cl)cc1Cl. The number of primary amides is 1. The first kappa shape index (κ1) is 17.7. The number of hydrogen-bond donors (Lipinski definition) is 1. The van der Waals surface area contributed by atoms with Gasteiger partial charge in [0.1, 0.15) is 5.82 Å². The molecule has 0 radical (unpaired) electrons. The summed E-state index contributed by atoms with van der Waals surface area (Å²) in [6.07, 6.45) is 0.381. The molecule has 0 saturated carbocycles. The van der Waals surface area contributed by atoms with Crippen LogP contribution in [0.25, 0.3) is 0 Å². The Kier molecular flexibility index (Phi) is 4.71. The summed E-state index contributed by atoms with van der Waals surface area (Å²) in [7, 11) is 0. The number of nitrogens with two attached hydrogens (primary N) is 1. The lowest BCUT2D eigenvalue weighted by Gasteiger charge is -2.38. The van der Waals surface area contributed by atoms with Crippen LogP contribution in [0.1, 0.15) is 35.2 Å². The van der Waals surface area contributed by atoms with Gasteiger partial charge < -0.3 is 10.6 Å². The number of halogens is 3. The van der Waals surface area contributed by atoms with E-state index in [9.17, 15) is 14.0 Å². The predicted molar refractivity (Wildman–Crippen MR) is 95.7 cm³/mol. The lowest BCUT2D eigenvalue weighted by atomic mass is 9.85. The Bertz CT molecular complexity index is 872. The second kappa shape index (κ2) is 6.65. The molecule has 2 atom stereocenters. The average molecular weight is 381 g/mol. The standard InChI is InChI=1S/C18H15Cl2FN2O2/c1-9-6-11(17(22)24)10-4-2-3-5-16(10)23(9)18(25)12-7-15(21)14(20)8-13(12)19/h2-5,7-9,11H,6H2,1H3,(H2,22,24)/t9-,11+/m0/s1. The summed E-state index contributed by atoms with van der Waals surface area (Å²) in [5.41, 5.74) is 6.77. The molecule has 0 fully saturated rings. The number of anilines is 1. The molecule has 0 unspecified atom stereocenters. The third-order valence-electron chi connectivity index (χ3n) is 4.39. The molecule has 2 N–H and O–H groups in total. The van der Waals surface area contributed by atoms with Gasteiger partial charge in [0, 0.05) is 11.7 Å². The van der Waals surface area contributed by atoms with E-state index in [1.54, 1.807) is 24.3 Å². The summed E-state index contributed by atoms with van der Waals surface area (Å²) < 4.78 is 13.8. The first-order valence-electron chi connectivity index (χ1n) is 7.67. The molecular formula is C18H15Cl2FN2O2. The molecule has 1 heterocycles. The van der Waals surface area contributed by atoms with Crippen molar-refractivity contribution in [3.63, 3.8) is 0 Å². The van der Waals surface area contributed by atoms with E-state index in [4.69, 9.17) is 28.9 Å². The van der Waals surface area contributed by atoms with Crippen molar-refractivity contribution in [1.82, 2.24) is 0 Å². The van der Waals surface area contributed by atoms with Gasteiger partial charge in [0.25, 0.3) is 5.91 Å². The highest BCUT2D eigenvalue weighted by Crippen LogP contribution is 2.39. The highest BCUT2D eigenvalue weighted by molar-refractivity contribution is 6.37. The zero-order valence-corrected chi connectivity index (χ0v) is 14.8. The minimum atomic E-state index is -0.720. The Balaban J connectivity index is 2.10. The van der Waals surface area contributed by atoms with Crippen molar-refractivity contribution in [2.45, 2.75) is 25.3 Å². The van der Waals surface area contributed by atoms with Crippen molar-refractivity contribution >= 4 is 40.7 Å². The second-order valence-electron chi connectivity index (χ2n) is 6.02. The van der Waals surface area contributed by atoms with Gasteiger partial charge in [0.2, 0.25) is 5.91 Å². The maximum Gasteiger partial charge on any atom is 0.260 e. The fourth-order valence-corrected chi connectivity index (χ4v) is 3.67. The van der Waals surface area contributed by atoms with E-state index in [2.05, 4.69) is 0 Å². The first-order valence-corrected chi connectivity index (χ1v) is 8.43. The van der Waals surface area contributed by atoms with Gasteiger partial charge in [-0.2, -0.15) is 0 Å². The highest BCUT2D eigenvalue weighted by Gasteiger charge is 2.37. The van der Waals surface area contributed by atoms with E-state index in [0.717, 1.165) is 6.07 Å². The van der Waals surface area contributed by atoms with Crippen LogP contribution < -0.4 is 10.6 Å². The molecule has 0 aliphatic carbocycles. The predicted octanol–water partition coefficient (Wildman–Crippen LogP) is 4.14. The van der Waals surface area contributed by atoms with Crippen LogP contribution in [0.3, 0.4) is 0 Å². The van der Waals surface area contributed by atoms with Gasteiger partial charge in [0.05, 0.1) is 21.5 Å². The third-order valence-corrected chi connectivity index (χ3v) is 4.99. The number of carbonyl (C=O) groups excluding carboxylic acids is 2. The van der Waals surface area contributed by atoms with Gasteiger partial charge in [-0.3, -0.25) is 9.59 Å². The minimum Gasteiger partial charge on any atom is -0.369 e. The summed E-state index contributed by atoms with van der Waals surface area (Å²) in [5, 5.41) is -0.0828. The molecule has 1 aliphatic rings. The summed E-state index contributed by atoms with van der Waals surface area (Å²) in [5.74, 6) is -2.10. The summed E-state index contributed by atoms with van der Waals surface area (Å²) in [4.78, 5) is 26.3. The smallest absolute Gasteiger partial charge is 0.260 e. The van der Waals surface area contributed by atoms with Gasteiger partial charge in [-0.15, -0.1) is 0 Å². The number of nitrogens with zero attached hydrogens (tertiary/aromatic N) is 1. The maximum absolute atomic E-state index is 13.8. The second-order valence-corrected chi connectivity index (χ2v) is 6.83. The van der Waals surface area contributed by atoms with E-state index in [-0.39, 0.29) is 21.7 Å². The van der Waals surface area contributed by atoms with Crippen molar-refractivity contribution in [2.75, 3.05) is 4.90 Å². The lowest BCUT2D eigenvalue weighted by molar-refractivity contribution is -0.119. The monoisotopic (exact) mass is 380 g/mol. The largest absolute Gasteiger partial charge is 0.369 e. The van der Waals surface area contributed by atoms with E-state index in [0.29, 0.717) is 17.7 Å². The number of hydrogen-bond acceptors (Lipinski definition) is 2. The molecule has 3 rings (SSSR count). The lowest BCUT2D eigenvalue weighted by Crippen LogP contribution is -2.45. The normalized spacial score (nSPS) is 19.4. The van der Waals surface area contributed by atoms with Crippen molar-refractivity contribution < 1.29 is 14.0 Å². The van der Waals surface area contributed by atoms with Gasteiger partial charge >= 0.3 is 0 Å². The molecule has 130 valence electrons. The zero-order chi connectivity index (χ0) is 18.3. The number of rotatable bonds is 2. The molecule has 1 aliphatic heterocycles. The summed E-state index contributed by atoms with van der Waals surface area (Å²) in [6.45, 7) is 1.81. The van der Waals surface area contributed by atoms with Crippen LogP contribution in [-0.4, -0.2) is 17.9 Å². The Labute approximate surface area is 154 Å². The van der Waals surface area contributed by atoms with Crippen LogP contribution in [0.5, 0.6) is 0 Å². The van der Waals surface area contributed by atoms with Crippen molar-refractivity contribution in [2.24, 2.45) is 5.73 Å². The Morgan fingerprint density at radius 2 is 1.88 bits per heavy atom. The third kappa shape index (κ3) is 3.10. The molecule has 2 aromatic rings. The summed E-state index contributed by atoms with van der Waals surface area (Å²) in [6, 6.07) is 8.97. The molecule has 0 aromatic heterocycles. The molecule has 7 heteroatoms. The van der Waals surface area contributed by atoms with Crippen LogP contribution in [0.4, 0.5) is 10.1 Å². The van der Waals surface area contributed by atoms with Crippen LogP contribution in [0.15, 0.2) is 36.4 Å². The molecule has 0 spiro atoms. The molecule has 0 bridgehead atoms. The van der Waals surface area contributed by atoms with Crippen molar-refractivity contribution in [1.29, 1.82) is 0 Å². The highest BCUT2D eigenvalue weighted by atomic mass is 35.5. The molecule has 2 aromatic carbocycles. The molecule has 25 heavy (non-hydrogen) atoms. The Hall–Kier alpha value is -2.11. The van der Waals surface area contributed by atoms with Crippen LogP contribution in [0.2, 0.25) is 10.0 Å². The van der Waals surface area contributed by atoms with E-state index in [1.165, 1.54) is 11.0 Å².